The van der Waals surface area contributed by atoms with Crippen LogP contribution in [0.15, 0.2) is 0 Å². The summed E-state index contributed by atoms with van der Waals surface area (Å²) in [5.74, 6) is 5.51. The van der Waals surface area contributed by atoms with Gasteiger partial charge in [-0.15, -0.1) is 5.92 Å². The minimum absolute atomic E-state index is 0.238. The van der Waals surface area contributed by atoms with Gasteiger partial charge in [-0.3, -0.25) is 4.79 Å². The first-order valence-corrected chi connectivity index (χ1v) is 3.36. The Balaban J connectivity index is 3.13. The molecule has 56 valence electrons. The number of hydrogen-bond donors (Lipinski definition) is 0. The first-order chi connectivity index (χ1) is 4.77. The van der Waals surface area contributed by atoms with Gasteiger partial charge in [0.15, 0.2) is 0 Å². The van der Waals surface area contributed by atoms with E-state index in [1.54, 1.807) is 0 Å². The summed E-state index contributed by atoms with van der Waals surface area (Å²) >= 11 is 0. The van der Waals surface area contributed by atoms with Crippen LogP contribution in [0.4, 0.5) is 0 Å². The van der Waals surface area contributed by atoms with Gasteiger partial charge in [0.1, 0.15) is 6.61 Å². The van der Waals surface area contributed by atoms with Crippen molar-refractivity contribution in [3.63, 3.8) is 0 Å². The summed E-state index contributed by atoms with van der Waals surface area (Å²) in [4.78, 5) is 10.2. The monoisotopic (exact) mass is 140 g/mol. The normalized spacial score (nSPS) is 7.80. The Labute approximate surface area is 61.6 Å². The molecule has 10 heavy (non-hydrogen) atoms. The maximum absolute atomic E-state index is 10.2. The molecule has 0 heterocycles. The van der Waals surface area contributed by atoms with Gasteiger partial charge in [0.2, 0.25) is 0 Å². The number of rotatable bonds is 2. The topological polar surface area (TPSA) is 26.3 Å². The molecule has 0 aromatic heterocycles. The van der Waals surface area contributed by atoms with E-state index in [2.05, 4.69) is 16.6 Å². The molecule has 0 rings (SSSR count). The van der Waals surface area contributed by atoms with E-state index in [9.17, 15) is 4.79 Å². The van der Waals surface area contributed by atoms with Crippen LogP contribution in [0.3, 0.4) is 0 Å². The third kappa shape index (κ3) is 7.03. The maximum atomic E-state index is 10.2. The minimum atomic E-state index is -0.238. The van der Waals surface area contributed by atoms with E-state index >= 15 is 0 Å². The van der Waals surface area contributed by atoms with Crippen LogP contribution in [-0.4, -0.2) is 12.6 Å². The molecule has 2 nitrogen and oxygen atoms in total. The third-order valence-corrected chi connectivity index (χ3v) is 0.834. The first-order valence-electron chi connectivity index (χ1n) is 3.36. The Morgan fingerprint density at radius 1 is 1.50 bits per heavy atom. The summed E-state index contributed by atoms with van der Waals surface area (Å²) < 4.78 is 4.65. The molecule has 0 aliphatic carbocycles. The first kappa shape index (κ1) is 9.03. The van der Waals surface area contributed by atoms with Crippen molar-refractivity contribution >= 4 is 5.97 Å². The summed E-state index contributed by atoms with van der Waals surface area (Å²) in [5, 5.41) is 0. The summed E-state index contributed by atoms with van der Waals surface area (Å²) in [5.41, 5.74) is 0. The van der Waals surface area contributed by atoms with Crippen LogP contribution in [0.1, 0.15) is 26.7 Å². The number of hydrogen-bond acceptors (Lipinski definition) is 2. The second-order valence-corrected chi connectivity index (χ2v) is 1.80. The van der Waals surface area contributed by atoms with Crippen LogP contribution in [0.2, 0.25) is 0 Å². The molecule has 0 radical (unpaired) electrons. The number of carbonyl (C=O) groups excluding carboxylic acids is 1. The molecule has 0 saturated carbocycles. The molecular weight excluding hydrogens is 128 g/mol. The maximum Gasteiger partial charge on any atom is 0.302 e. The van der Waals surface area contributed by atoms with Crippen LogP contribution < -0.4 is 0 Å². The quantitative estimate of drug-likeness (QED) is 0.329. The van der Waals surface area contributed by atoms with Gasteiger partial charge < -0.3 is 4.74 Å². The van der Waals surface area contributed by atoms with Crippen molar-refractivity contribution in [1.29, 1.82) is 0 Å². The molecule has 0 fully saturated rings. The fraction of sp³-hybridized carbons (Fsp3) is 0.625. The molecule has 0 aromatic carbocycles. The van der Waals surface area contributed by atoms with Crippen molar-refractivity contribution in [3.8, 4) is 11.8 Å². The molecule has 2 heteroatoms. The summed E-state index contributed by atoms with van der Waals surface area (Å²) in [6, 6.07) is 0. The minimum Gasteiger partial charge on any atom is -0.465 e. The van der Waals surface area contributed by atoms with E-state index in [0.29, 0.717) is 13.0 Å². The van der Waals surface area contributed by atoms with Gasteiger partial charge in [0.25, 0.3) is 0 Å². The zero-order valence-electron chi connectivity index (χ0n) is 6.44. The lowest BCUT2D eigenvalue weighted by atomic mass is 10.4. The second kappa shape index (κ2) is 6.15. The van der Waals surface area contributed by atoms with E-state index in [4.69, 9.17) is 0 Å². The van der Waals surface area contributed by atoms with Crippen LogP contribution in [0.5, 0.6) is 0 Å². The highest BCUT2D eigenvalue weighted by molar-refractivity contribution is 5.65. The van der Waals surface area contributed by atoms with Gasteiger partial charge in [-0.1, -0.05) is 12.8 Å². The molecule has 0 atom stereocenters. The van der Waals surface area contributed by atoms with Crippen LogP contribution in [0, 0.1) is 11.8 Å². The molecular formula is C8H12O2. The van der Waals surface area contributed by atoms with Crippen LogP contribution in [-0.2, 0) is 9.53 Å². The third-order valence-electron chi connectivity index (χ3n) is 0.834. The molecule has 0 spiro atoms. The SMILES string of the molecule is CCC#CCCOC(C)=O. The number of carbonyl (C=O) groups is 1. The fourth-order valence-electron chi connectivity index (χ4n) is 0.459. The number of esters is 1. The lowest BCUT2D eigenvalue weighted by Gasteiger charge is -1.94. The molecule has 0 N–H and O–H groups in total. The predicted octanol–water partition coefficient (Wildman–Crippen LogP) is 1.35. The van der Waals surface area contributed by atoms with E-state index in [-0.39, 0.29) is 5.97 Å². The van der Waals surface area contributed by atoms with Crippen molar-refractivity contribution in [3.05, 3.63) is 0 Å². The largest absolute Gasteiger partial charge is 0.465 e. The van der Waals surface area contributed by atoms with E-state index in [1.165, 1.54) is 6.92 Å². The lowest BCUT2D eigenvalue weighted by Crippen LogP contribution is -1.98. The zero-order chi connectivity index (χ0) is 7.82. The summed E-state index contributed by atoms with van der Waals surface area (Å²) in [6.07, 6.45) is 1.51. The highest BCUT2D eigenvalue weighted by atomic mass is 16.5. The van der Waals surface area contributed by atoms with Crippen molar-refractivity contribution in [1.82, 2.24) is 0 Å². The molecule has 0 amide bonds. The van der Waals surface area contributed by atoms with E-state index in [0.717, 1.165) is 6.42 Å². The van der Waals surface area contributed by atoms with Crippen LogP contribution >= 0.6 is 0 Å². The van der Waals surface area contributed by atoms with E-state index < -0.39 is 0 Å². The Bertz CT molecular complexity index is 150. The number of ether oxygens (including phenoxy) is 1. The molecule has 0 aliphatic heterocycles. The lowest BCUT2D eigenvalue weighted by molar-refractivity contribution is -0.140. The van der Waals surface area contributed by atoms with Crippen molar-refractivity contribution in [2.45, 2.75) is 26.7 Å². The van der Waals surface area contributed by atoms with Gasteiger partial charge >= 0.3 is 5.97 Å². The molecule has 0 unspecified atom stereocenters. The highest BCUT2D eigenvalue weighted by Gasteiger charge is 1.87. The van der Waals surface area contributed by atoms with Gasteiger partial charge in [-0.2, -0.15) is 0 Å². The van der Waals surface area contributed by atoms with E-state index in [1.807, 2.05) is 6.92 Å². The van der Waals surface area contributed by atoms with Gasteiger partial charge in [-0.25, -0.2) is 0 Å². The zero-order valence-corrected chi connectivity index (χ0v) is 6.44. The average Bonchev–Trinajstić information content (AvgIpc) is 1.87. The summed E-state index contributed by atoms with van der Waals surface area (Å²) in [7, 11) is 0. The van der Waals surface area contributed by atoms with Gasteiger partial charge in [0, 0.05) is 19.8 Å². The van der Waals surface area contributed by atoms with Gasteiger partial charge in [-0.05, 0) is 0 Å². The van der Waals surface area contributed by atoms with Crippen molar-refractivity contribution < 1.29 is 9.53 Å². The van der Waals surface area contributed by atoms with Crippen molar-refractivity contribution in [2.24, 2.45) is 0 Å². The Kier molecular flexibility index (Phi) is 5.56. The standard InChI is InChI=1S/C8H12O2/c1-3-4-5-6-7-10-8(2)9/h3,6-7H2,1-2H3. The smallest absolute Gasteiger partial charge is 0.302 e. The summed E-state index contributed by atoms with van der Waals surface area (Å²) in [6.45, 7) is 3.80. The molecule has 0 saturated heterocycles. The van der Waals surface area contributed by atoms with Gasteiger partial charge in [0.05, 0.1) is 0 Å². The highest BCUT2D eigenvalue weighted by Crippen LogP contribution is 1.81. The molecule has 0 aromatic rings. The average molecular weight is 140 g/mol. The molecule has 0 aliphatic rings. The Morgan fingerprint density at radius 2 is 2.20 bits per heavy atom. The van der Waals surface area contributed by atoms with Crippen molar-refractivity contribution in [2.75, 3.05) is 6.61 Å². The van der Waals surface area contributed by atoms with Crippen LogP contribution in [0.25, 0.3) is 0 Å². The predicted molar refractivity (Wildman–Crippen MR) is 39.3 cm³/mol. The Morgan fingerprint density at radius 3 is 2.70 bits per heavy atom. The molecule has 0 bridgehead atoms. The Hall–Kier alpha value is -0.970. The fourth-order valence-corrected chi connectivity index (χ4v) is 0.459. The second-order valence-electron chi connectivity index (χ2n) is 1.80.